The Morgan fingerprint density at radius 2 is 1.20 bits per heavy atom. The van der Waals surface area contributed by atoms with Crippen molar-refractivity contribution in [1.82, 2.24) is 5.32 Å². The molecular formula is C10H25Cl2NSi2. The molecule has 0 unspecified atom stereocenters. The lowest BCUT2D eigenvalue weighted by molar-refractivity contribution is 0.514. The van der Waals surface area contributed by atoms with E-state index in [4.69, 9.17) is 22.2 Å². The van der Waals surface area contributed by atoms with Crippen molar-refractivity contribution >= 4 is 39.8 Å². The molecule has 0 aliphatic rings. The first-order valence-electron chi connectivity index (χ1n) is 5.66. The van der Waals surface area contributed by atoms with E-state index >= 15 is 0 Å². The van der Waals surface area contributed by atoms with Crippen LogP contribution in [-0.2, 0) is 0 Å². The van der Waals surface area contributed by atoms with Crippen molar-refractivity contribution in [3.05, 3.63) is 0 Å². The fourth-order valence-electron chi connectivity index (χ4n) is 1.11. The number of hydrogen-bond acceptors (Lipinski definition) is 1. The molecule has 1 N–H and O–H groups in total. The van der Waals surface area contributed by atoms with Crippen LogP contribution in [-0.4, -0.2) is 30.7 Å². The zero-order valence-electron chi connectivity index (χ0n) is 10.5. The van der Waals surface area contributed by atoms with Gasteiger partial charge in [0.1, 0.15) is 17.7 Å². The van der Waals surface area contributed by atoms with Gasteiger partial charge in [-0.25, -0.2) is 0 Å². The standard InChI is InChI=1S/C10H25Cl2NSi2/c1-9(2,14-11)5-7-13-8-6-10(3,4)15-12/h13H,5-8,14-15H2,1-4H3. The lowest BCUT2D eigenvalue weighted by Crippen LogP contribution is -2.24. The van der Waals surface area contributed by atoms with Gasteiger partial charge in [-0.1, -0.05) is 27.7 Å². The summed E-state index contributed by atoms with van der Waals surface area (Å²) in [5, 5.41) is 4.28. The van der Waals surface area contributed by atoms with Gasteiger partial charge in [-0.15, -0.1) is 0 Å². The summed E-state index contributed by atoms with van der Waals surface area (Å²) in [4.78, 5) is 0. The number of halogens is 2. The largest absolute Gasteiger partial charge is 0.317 e. The molecule has 0 aromatic carbocycles. The Kier molecular flexibility index (Phi) is 7.80. The van der Waals surface area contributed by atoms with Gasteiger partial charge < -0.3 is 5.32 Å². The van der Waals surface area contributed by atoms with E-state index in [1.165, 1.54) is 12.8 Å². The highest BCUT2D eigenvalue weighted by Gasteiger charge is 2.18. The highest BCUT2D eigenvalue weighted by atomic mass is 35.6. The van der Waals surface area contributed by atoms with Crippen molar-refractivity contribution in [2.45, 2.75) is 50.6 Å². The van der Waals surface area contributed by atoms with Crippen LogP contribution >= 0.6 is 22.2 Å². The number of hydrogen-bond donors (Lipinski definition) is 1. The van der Waals surface area contributed by atoms with Crippen molar-refractivity contribution in [1.29, 1.82) is 0 Å². The van der Waals surface area contributed by atoms with Crippen molar-refractivity contribution in [2.75, 3.05) is 13.1 Å². The summed E-state index contributed by atoms with van der Waals surface area (Å²) in [6, 6.07) is 0. The molecule has 0 radical (unpaired) electrons. The van der Waals surface area contributed by atoms with E-state index in [0.29, 0.717) is 10.1 Å². The minimum absolute atomic E-state index is 0.394. The minimum atomic E-state index is -0.406. The van der Waals surface area contributed by atoms with Gasteiger partial charge in [0.15, 0.2) is 0 Å². The van der Waals surface area contributed by atoms with Crippen LogP contribution in [0.25, 0.3) is 0 Å². The molecule has 92 valence electrons. The topological polar surface area (TPSA) is 12.0 Å². The maximum Gasteiger partial charge on any atom is 0.130 e. The number of nitrogens with one attached hydrogen (secondary N) is 1. The summed E-state index contributed by atoms with van der Waals surface area (Å²) >= 11 is 12.0. The van der Waals surface area contributed by atoms with E-state index in [0.717, 1.165) is 13.1 Å². The van der Waals surface area contributed by atoms with E-state index < -0.39 is 17.7 Å². The smallest absolute Gasteiger partial charge is 0.130 e. The van der Waals surface area contributed by atoms with Crippen LogP contribution in [0.5, 0.6) is 0 Å². The second kappa shape index (κ2) is 7.33. The van der Waals surface area contributed by atoms with Crippen molar-refractivity contribution in [3.8, 4) is 0 Å². The Morgan fingerprint density at radius 1 is 0.867 bits per heavy atom. The molecule has 0 saturated heterocycles. The first-order valence-corrected chi connectivity index (χ1v) is 11.3. The van der Waals surface area contributed by atoms with Crippen molar-refractivity contribution in [3.63, 3.8) is 0 Å². The van der Waals surface area contributed by atoms with E-state index in [2.05, 4.69) is 33.0 Å². The van der Waals surface area contributed by atoms with Gasteiger partial charge >= 0.3 is 0 Å². The molecule has 1 nitrogen and oxygen atoms in total. The molecular weight excluding hydrogens is 261 g/mol. The SMILES string of the molecule is CC(C)(CCNCCC(C)(C)[SiH2]Cl)[SiH2]Cl. The fraction of sp³-hybridized carbons (Fsp3) is 1.00. The van der Waals surface area contributed by atoms with Crippen LogP contribution < -0.4 is 5.32 Å². The molecule has 0 atom stereocenters. The summed E-state index contributed by atoms with van der Waals surface area (Å²) in [6.07, 6.45) is 2.39. The summed E-state index contributed by atoms with van der Waals surface area (Å²) in [5.74, 6) is 0. The van der Waals surface area contributed by atoms with Gasteiger partial charge in [-0.2, -0.15) is 22.2 Å². The monoisotopic (exact) mass is 285 g/mol. The first kappa shape index (κ1) is 16.0. The van der Waals surface area contributed by atoms with E-state index in [-0.39, 0.29) is 0 Å². The molecule has 0 fully saturated rings. The van der Waals surface area contributed by atoms with E-state index in [1.54, 1.807) is 0 Å². The van der Waals surface area contributed by atoms with Crippen LogP contribution in [0.15, 0.2) is 0 Å². The lowest BCUT2D eigenvalue weighted by Gasteiger charge is -2.23. The Balaban J connectivity index is 3.48. The second-order valence-electron chi connectivity index (χ2n) is 5.85. The zero-order chi connectivity index (χ0) is 11.9. The minimum Gasteiger partial charge on any atom is -0.317 e. The predicted octanol–water partition coefficient (Wildman–Crippen LogP) is 2.40. The van der Waals surface area contributed by atoms with E-state index in [1.807, 2.05) is 0 Å². The normalized spacial score (nSPS) is 14.8. The molecule has 0 aliphatic heterocycles. The van der Waals surface area contributed by atoms with Crippen LogP contribution in [0, 0.1) is 0 Å². The Morgan fingerprint density at radius 3 is 1.47 bits per heavy atom. The van der Waals surface area contributed by atoms with Crippen molar-refractivity contribution in [2.24, 2.45) is 0 Å². The first-order chi connectivity index (χ1) is 6.83. The molecule has 0 saturated carbocycles. The quantitative estimate of drug-likeness (QED) is 0.410. The lowest BCUT2D eigenvalue weighted by atomic mass is 10.1. The predicted molar refractivity (Wildman–Crippen MR) is 79.0 cm³/mol. The number of rotatable bonds is 8. The summed E-state index contributed by atoms with van der Waals surface area (Å²) < 4.78 is 0. The molecule has 0 bridgehead atoms. The van der Waals surface area contributed by atoms with E-state index in [9.17, 15) is 0 Å². The van der Waals surface area contributed by atoms with Gasteiger partial charge in [-0.3, -0.25) is 0 Å². The van der Waals surface area contributed by atoms with Gasteiger partial charge in [0.05, 0.1) is 0 Å². The molecule has 0 aromatic rings. The van der Waals surface area contributed by atoms with Gasteiger partial charge in [0, 0.05) is 0 Å². The molecule has 0 spiro atoms. The summed E-state index contributed by atoms with van der Waals surface area (Å²) in [7, 11) is -0.812. The average molecular weight is 286 g/mol. The maximum absolute atomic E-state index is 6.00. The fourth-order valence-corrected chi connectivity index (χ4v) is 2.53. The molecule has 0 rings (SSSR count). The van der Waals surface area contributed by atoms with Gasteiger partial charge in [0.25, 0.3) is 0 Å². The molecule has 15 heavy (non-hydrogen) atoms. The molecule has 0 heterocycles. The van der Waals surface area contributed by atoms with Crippen LogP contribution in [0.2, 0.25) is 10.1 Å². The van der Waals surface area contributed by atoms with Crippen LogP contribution in [0.4, 0.5) is 0 Å². The molecule has 5 heteroatoms. The third kappa shape index (κ3) is 8.75. The highest BCUT2D eigenvalue weighted by molar-refractivity contribution is 6.95. The average Bonchev–Trinajstić information content (AvgIpc) is 2.17. The van der Waals surface area contributed by atoms with Crippen molar-refractivity contribution < 1.29 is 0 Å². The Hall–Kier alpha value is 0.974. The second-order valence-corrected chi connectivity index (χ2v) is 11.8. The summed E-state index contributed by atoms with van der Waals surface area (Å²) in [5.41, 5.74) is 0. The van der Waals surface area contributed by atoms with Gasteiger partial charge in [-0.05, 0) is 36.0 Å². The molecule has 0 aliphatic carbocycles. The van der Waals surface area contributed by atoms with Crippen LogP contribution in [0.3, 0.4) is 0 Å². The Labute approximate surface area is 109 Å². The van der Waals surface area contributed by atoms with Gasteiger partial charge in [0.2, 0.25) is 0 Å². The third-order valence-electron chi connectivity index (χ3n) is 2.68. The highest BCUT2D eigenvalue weighted by Crippen LogP contribution is 2.29. The zero-order valence-corrected chi connectivity index (χ0v) is 14.8. The molecule has 0 amide bonds. The van der Waals surface area contributed by atoms with Crippen LogP contribution in [0.1, 0.15) is 40.5 Å². The Bertz CT molecular complexity index is 157. The maximum atomic E-state index is 6.00. The summed E-state index contributed by atoms with van der Waals surface area (Å²) in [6.45, 7) is 11.2. The third-order valence-corrected chi connectivity index (χ3v) is 9.18. The molecule has 0 aromatic heterocycles.